The predicted molar refractivity (Wildman–Crippen MR) is 74.8 cm³/mol. The van der Waals surface area contributed by atoms with Crippen molar-refractivity contribution in [3.05, 3.63) is 22.7 Å². The van der Waals surface area contributed by atoms with E-state index in [-0.39, 0.29) is 0 Å². The summed E-state index contributed by atoms with van der Waals surface area (Å²) >= 11 is 5.99. The number of unbranched alkanes of at least 4 members (excludes halogenated alkanes) is 2. The van der Waals surface area contributed by atoms with Gasteiger partial charge in [-0.2, -0.15) is 0 Å². The first-order chi connectivity index (χ1) is 8.15. The molecule has 3 nitrogen and oxygen atoms in total. The number of hydrogen-bond donors (Lipinski definition) is 2. The van der Waals surface area contributed by atoms with Crippen LogP contribution >= 0.6 is 11.6 Å². The van der Waals surface area contributed by atoms with E-state index in [9.17, 15) is 0 Å². The highest BCUT2D eigenvalue weighted by molar-refractivity contribution is 6.33. The molecule has 0 aliphatic heterocycles. The first-order valence-corrected chi connectivity index (χ1v) is 6.31. The molecule has 0 bridgehead atoms. The lowest BCUT2D eigenvalue weighted by molar-refractivity contribution is 0.192. The summed E-state index contributed by atoms with van der Waals surface area (Å²) in [7, 11) is 1.73. The molecule has 1 aromatic carbocycles. The van der Waals surface area contributed by atoms with Gasteiger partial charge in [-0.25, -0.2) is 0 Å². The highest BCUT2D eigenvalue weighted by Crippen LogP contribution is 2.26. The normalized spacial score (nSPS) is 10.5. The molecule has 3 N–H and O–H groups in total. The molecule has 1 aromatic rings. The quantitative estimate of drug-likeness (QED) is 0.580. The minimum atomic E-state index is 0.609. The van der Waals surface area contributed by atoms with Crippen molar-refractivity contribution >= 4 is 23.0 Å². The molecule has 0 fully saturated rings. The van der Waals surface area contributed by atoms with Gasteiger partial charge in [0, 0.05) is 25.9 Å². The Labute approximate surface area is 108 Å². The fraction of sp³-hybridized carbons (Fsp3) is 0.538. The van der Waals surface area contributed by atoms with Crippen LogP contribution in [0.25, 0.3) is 0 Å². The lowest BCUT2D eigenvalue weighted by Crippen LogP contribution is -2.04. The van der Waals surface area contributed by atoms with E-state index in [1.165, 1.54) is 6.42 Å². The molecule has 0 saturated heterocycles. The average Bonchev–Trinajstić information content (AvgIpc) is 2.30. The van der Waals surface area contributed by atoms with Crippen molar-refractivity contribution in [2.24, 2.45) is 0 Å². The smallest absolute Gasteiger partial charge is 0.0656 e. The zero-order valence-corrected chi connectivity index (χ0v) is 11.3. The largest absolute Gasteiger partial charge is 0.398 e. The summed E-state index contributed by atoms with van der Waals surface area (Å²) in [6.07, 6.45) is 3.41. The van der Waals surface area contributed by atoms with Crippen LogP contribution in [0.4, 0.5) is 11.4 Å². The van der Waals surface area contributed by atoms with Crippen LogP contribution in [0.1, 0.15) is 24.8 Å². The molecule has 0 aliphatic rings. The Hall–Kier alpha value is -0.930. The van der Waals surface area contributed by atoms with Gasteiger partial charge < -0.3 is 15.8 Å². The van der Waals surface area contributed by atoms with Crippen LogP contribution in [0.3, 0.4) is 0 Å². The van der Waals surface area contributed by atoms with Gasteiger partial charge in [-0.1, -0.05) is 11.6 Å². The first-order valence-electron chi connectivity index (χ1n) is 5.93. The van der Waals surface area contributed by atoms with Crippen molar-refractivity contribution in [1.82, 2.24) is 0 Å². The summed E-state index contributed by atoms with van der Waals surface area (Å²) in [5.41, 5.74) is 8.55. The highest BCUT2D eigenvalue weighted by atomic mass is 35.5. The zero-order valence-electron chi connectivity index (χ0n) is 10.6. The molecular formula is C13H21ClN2O. The molecule has 17 heavy (non-hydrogen) atoms. The molecule has 0 atom stereocenters. The molecular weight excluding hydrogens is 236 g/mol. The van der Waals surface area contributed by atoms with Crippen LogP contribution < -0.4 is 11.1 Å². The Bertz CT molecular complexity index is 356. The minimum absolute atomic E-state index is 0.609. The Morgan fingerprint density at radius 3 is 2.76 bits per heavy atom. The number of nitrogens with one attached hydrogen (secondary N) is 1. The van der Waals surface area contributed by atoms with E-state index in [1.54, 1.807) is 7.11 Å². The third-order valence-electron chi connectivity index (χ3n) is 2.68. The Morgan fingerprint density at radius 1 is 1.29 bits per heavy atom. The van der Waals surface area contributed by atoms with Crippen molar-refractivity contribution in [3.63, 3.8) is 0 Å². The molecule has 0 radical (unpaired) electrons. The fourth-order valence-electron chi connectivity index (χ4n) is 1.67. The number of aryl methyl sites for hydroxylation is 1. The number of benzene rings is 1. The summed E-state index contributed by atoms with van der Waals surface area (Å²) < 4.78 is 5.00. The maximum absolute atomic E-state index is 5.99. The topological polar surface area (TPSA) is 47.3 Å². The second-order valence-corrected chi connectivity index (χ2v) is 4.58. The van der Waals surface area contributed by atoms with E-state index in [0.717, 1.165) is 37.2 Å². The van der Waals surface area contributed by atoms with Gasteiger partial charge in [-0.05, 0) is 43.9 Å². The van der Waals surface area contributed by atoms with E-state index in [1.807, 2.05) is 19.1 Å². The molecule has 0 aliphatic carbocycles. The van der Waals surface area contributed by atoms with E-state index < -0.39 is 0 Å². The summed E-state index contributed by atoms with van der Waals surface area (Å²) in [6.45, 7) is 3.82. The maximum Gasteiger partial charge on any atom is 0.0656 e. The van der Waals surface area contributed by atoms with Crippen LogP contribution in [0, 0.1) is 6.92 Å². The lowest BCUT2D eigenvalue weighted by atomic mass is 10.1. The van der Waals surface area contributed by atoms with Crippen LogP contribution in [0.15, 0.2) is 12.1 Å². The molecule has 0 saturated carbocycles. The van der Waals surface area contributed by atoms with Gasteiger partial charge in [0.05, 0.1) is 10.7 Å². The zero-order chi connectivity index (χ0) is 12.7. The average molecular weight is 257 g/mol. The second-order valence-electron chi connectivity index (χ2n) is 4.17. The molecule has 96 valence electrons. The molecule has 4 heteroatoms. The standard InChI is InChI=1S/C13H21ClN2O/c1-10-8-12(15)11(14)9-13(10)16-6-4-3-5-7-17-2/h8-9,16H,3-7,15H2,1-2H3. The van der Waals surface area contributed by atoms with Crippen molar-refractivity contribution in [2.75, 3.05) is 31.3 Å². The number of halogens is 1. The molecule has 0 spiro atoms. The maximum atomic E-state index is 5.99. The number of anilines is 2. The molecule has 0 heterocycles. The minimum Gasteiger partial charge on any atom is -0.398 e. The lowest BCUT2D eigenvalue weighted by Gasteiger charge is -2.11. The Kier molecular flexibility index (Phi) is 6.16. The molecule has 1 rings (SSSR count). The predicted octanol–water partition coefficient (Wildman–Crippen LogP) is 3.46. The number of rotatable bonds is 7. The third-order valence-corrected chi connectivity index (χ3v) is 3.01. The van der Waals surface area contributed by atoms with E-state index in [2.05, 4.69) is 5.32 Å². The number of nitrogen functional groups attached to an aromatic ring is 1. The van der Waals surface area contributed by atoms with Gasteiger partial charge in [0.1, 0.15) is 0 Å². The van der Waals surface area contributed by atoms with Crippen molar-refractivity contribution in [2.45, 2.75) is 26.2 Å². The van der Waals surface area contributed by atoms with Gasteiger partial charge in [0.2, 0.25) is 0 Å². The molecule has 0 aromatic heterocycles. The molecule has 0 amide bonds. The highest BCUT2D eigenvalue weighted by Gasteiger charge is 2.02. The first kappa shape index (κ1) is 14.1. The van der Waals surface area contributed by atoms with Crippen LogP contribution in [-0.2, 0) is 4.74 Å². The second kappa shape index (κ2) is 7.41. The van der Waals surface area contributed by atoms with Crippen molar-refractivity contribution < 1.29 is 4.74 Å². The third kappa shape index (κ3) is 4.84. The van der Waals surface area contributed by atoms with Crippen LogP contribution in [0.5, 0.6) is 0 Å². The van der Waals surface area contributed by atoms with Crippen LogP contribution in [-0.4, -0.2) is 20.3 Å². The Morgan fingerprint density at radius 2 is 2.06 bits per heavy atom. The van der Waals surface area contributed by atoms with Crippen molar-refractivity contribution in [3.8, 4) is 0 Å². The number of ether oxygens (including phenoxy) is 1. The summed E-state index contributed by atoms with van der Waals surface area (Å²) in [4.78, 5) is 0. The van der Waals surface area contributed by atoms with E-state index in [4.69, 9.17) is 22.1 Å². The fourth-order valence-corrected chi connectivity index (χ4v) is 1.83. The summed E-state index contributed by atoms with van der Waals surface area (Å²) in [6, 6.07) is 3.79. The van der Waals surface area contributed by atoms with Crippen LogP contribution in [0.2, 0.25) is 5.02 Å². The number of nitrogens with two attached hydrogens (primary N) is 1. The SMILES string of the molecule is COCCCCCNc1cc(Cl)c(N)cc1C. The van der Waals surface area contributed by atoms with E-state index >= 15 is 0 Å². The van der Waals surface area contributed by atoms with Gasteiger partial charge in [0.25, 0.3) is 0 Å². The van der Waals surface area contributed by atoms with Gasteiger partial charge in [0.15, 0.2) is 0 Å². The van der Waals surface area contributed by atoms with Gasteiger partial charge in [-0.15, -0.1) is 0 Å². The van der Waals surface area contributed by atoms with Gasteiger partial charge >= 0.3 is 0 Å². The van der Waals surface area contributed by atoms with E-state index in [0.29, 0.717) is 10.7 Å². The molecule has 0 unspecified atom stereocenters. The van der Waals surface area contributed by atoms with Crippen molar-refractivity contribution in [1.29, 1.82) is 0 Å². The van der Waals surface area contributed by atoms with Gasteiger partial charge in [-0.3, -0.25) is 0 Å². The number of hydrogen-bond acceptors (Lipinski definition) is 3. The monoisotopic (exact) mass is 256 g/mol. The summed E-state index contributed by atoms with van der Waals surface area (Å²) in [5, 5.41) is 3.99. The summed E-state index contributed by atoms with van der Waals surface area (Å²) in [5.74, 6) is 0. The number of methoxy groups -OCH3 is 1. The Balaban J connectivity index is 2.34.